The summed E-state index contributed by atoms with van der Waals surface area (Å²) in [5.41, 5.74) is 0.400. The number of amides is 3. The SMILES string of the molecule is COc1ccc(C(=O)NC2CCC(=O)NC2=O)c2nc(C)n(CC(=O)OC(C)(C)C)c12. The number of methoxy groups -OCH3 is 1. The Hall–Kier alpha value is -3.43. The number of ether oxygens (including phenoxy) is 2. The number of benzene rings is 1. The highest BCUT2D eigenvalue weighted by atomic mass is 16.6. The lowest BCUT2D eigenvalue weighted by Crippen LogP contribution is -2.52. The molecule has 3 rings (SSSR count). The van der Waals surface area contributed by atoms with Crippen LogP contribution in [0.4, 0.5) is 0 Å². The second-order valence-electron chi connectivity index (χ2n) is 8.32. The second-order valence-corrected chi connectivity index (χ2v) is 8.32. The summed E-state index contributed by atoms with van der Waals surface area (Å²) in [4.78, 5) is 53.1. The van der Waals surface area contributed by atoms with Crippen molar-refractivity contribution in [3.8, 4) is 5.75 Å². The summed E-state index contributed by atoms with van der Waals surface area (Å²) in [6.07, 6.45) is 0.375. The molecule has 0 saturated carbocycles. The van der Waals surface area contributed by atoms with E-state index in [1.807, 2.05) is 0 Å². The molecule has 2 aromatic rings. The van der Waals surface area contributed by atoms with E-state index in [2.05, 4.69) is 15.6 Å². The highest BCUT2D eigenvalue weighted by Gasteiger charge is 2.29. The number of carbonyl (C=O) groups is 4. The van der Waals surface area contributed by atoms with Crippen molar-refractivity contribution in [3.63, 3.8) is 0 Å². The van der Waals surface area contributed by atoms with Crippen LogP contribution < -0.4 is 15.4 Å². The van der Waals surface area contributed by atoms with Gasteiger partial charge in [-0.05, 0) is 46.2 Å². The summed E-state index contributed by atoms with van der Waals surface area (Å²) in [6, 6.07) is 2.34. The molecule has 2 N–H and O–H groups in total. The first kappa shape index (κ1) is 22.3. The monoisotopic (exact) mass is 430 g/mol. The van der Waals surface area contributed by atoms with Gasteiger partial charge in [0.15, 0.2) is 0 Å². The van der Waals surface area contributed by atoms with Gasteiger partial charge in [0.2, 0.25) is 11.8 Å². The van der Waals surface area contributed by atoms with Gasteiger partial charge >= 0.3 is 5.97 Å². The lowest BCUT2D eigenvalue weighted by Gasteiger charge is -2.22. The fourth-order valence-corrected chi connectivity index (χ4v) is 3.43. The number of aromatic nitrogens is 2. The Bertz CT molecular complexity index is 1070. The van der Waals surface area contributed by atoms with Crippen LogP contribution in [0.5, 0.6) is 5.75 Å². The first-order valence-electron chi connectivity index (χ1n) is 9.90. The number of fused-ring (bicyclic) bond motifs is 1. The summed E-state index contributed by atoms with van der Waals surface area (Å²) < 4.78 is 12.5. The van der Waals surface area contributed by atoms with E-state index in [4.69, 9.17) is 9.47 Å². The van der Waals surface area contributed by atoms with Gasteiger partial charge in [-0.15, -0.1) is 0 Å². The molecule has 166 valence electrons. The van der Waals surface area contributed by atoms with E-state index in [-0.39, 0.29) is 30.9 Å². The second kappa shape index (κ2) is 8.37. The number of rotatable bonds is 5. The van der Waals surface area contributed by atoms with Gasteiger partial charge < -0.3 is 19.4 Å². The van der Waals surface area contributed by atoms with Crippen LogP contribution in [0.2, 0.25) is 0 Å². The van der Waals surface area contributed by atoms with Crippen LogP contribution in [0.25, 0.3) is 11.0 Å². The standard InChI is InChI=1S/C21H26N4O6/c1-11-22-17-12(19(28)23-13-7-9-15(26)24-20(13)29)6-8-14(30-5)18(17)25(11)10-16(27)31-21(2,3)4/h6,8,13H,7,9-10H2,1-5H3,(H,23,28)(H,24,26,29). The van der Waals surface area contributed by atoms with Crippen LogP contribution >= 0.6 is 0 Å². The Balaban J connectivity index is 1.95. The molecule has 1 aliphatic heterocycles. The van der Waals surface area contributed by atoms with Crippen molar-refractivity contribution in [1.82, 2.24) is 20.2 Å². The van der Waals surface area contributed by atoms with Crippen molar-refractivity contribution in [3.05, 3.63) is 23.5 Å². The average molecular weight is 430 g/mol. The Morgan fingerprint density at radius 2 is 2.00 bits per heavy atom. The van der Waals surface area contributed by atoms with Crippen LogP contribution in [-0.4, -0.2) is 52.0 Å². The minimum absolute atomic E-state index is 0.103. The van der Waals surface area contributed by atoms with Gasteiger partial charge in [-0.3, -0.25) is 24.5 Å². The Morgan fingerprint density at radius 3 is 2.61 bits per heavy atom. The number of imide groups is 1. The van der Waals surface area contributed by atoms with Crippen LogP contribution in [0, 0.1) is 6.92 Å². The van der Waals surface area contributed by atoms with Gasteiger partial charge in [0.25, 0.3) is 5.91 Å². The molecule has 0 bridgehead atoms. The van der Waals surface area contributed by atoms with E-state index in [1.165, 1.54) is 7.11 Å². The fraction of sp³-hybridized carbons (Fsp3) is 0.476. The zero-order valence-electron chi connectivity index (χ0n) is 18.2. The lowest BCUT2D eigenvalue weighted by molar-refractivity contribution is -0.155. The summed E-state index contributed by atoms with van der Waals surface area (Å²) >= 11 is 0. The summed E-state index contributed by atoms with van der Waals surface area (Å²) in [5.74, 6) is -0.920. The molecule has 1 aliphatic rings. The molecule has 1 saturated heterocycles. The Labute approximate surface area is 179 Å². The van der Waals surface area contributed by atoms with Crippen LogP contribution in [0.3, 0.4) is 0 Å². The number of nitrogens with one attached hydrogen (secondary N) is 2. The molecule has 3 amide bonds. The van der Waals surface area contributed by atoms with Gasteiger partial charge in [-0.25, -0.2) is 4.98 Å². The molecule has 1 aromatic heterocycles. The molecule has 0 spiro atoms. The van der Waals surface area contributed by atoms with Crippen molar-refractivity contribution in [2.45, 2.75) is 58.7 Å². The molecule has 0 radical (unpaired) electrons. The summed E-state index contributed by atoms with van der Waals surface area (Å²) in [7, 11) is 1.48. The third kappa shape index (κ3) is 4.84. The molecule has 31 heavy (non-hydrogen) atoms. The van der Waals surface area contributed by atoms with Crippen molar-refractivity contribution < 1.29 is 28.7 Å². The van der Waals surface area contributed by atoms with Crippen LogP contribution in [-0.2, 0) is 25.7 Å². The molecule has 1 unspecified atom stereocenters. The highest BCUT2D eigenvalue weighted by molar-refractivity contribution is 6.09. The molecule has 0 aliphatic carbocycles. The number of esters is 1. The largest absolute Gasteiger partial charge is 0.494 e. The molecule has 2 heterocycles. The third-order valence-electron chi connectivity index (χ3n) is 4.76. The van der Waals surface area contributed by atoms with Gasteiger partial charge in [-0.2, -0.15) is 0 Å². The molecule has 1 fully saturated rings. The molecule has 1 aromatic carbocycles. The molecular weight excluding hydrogens is 404 g/mol. The van der Waals surface area contributed by atoms with E-state index < -0.39 is 29.4 Å². The number of piperidine rings is 1. The van der Waals surface area contributed by atoms with Gasteiger partial charge in [0.1, 0.15) is 40.8 Å². The van der Waals surface area contributed by atoms with Crippen LogP contribution in [0.1, 0.15) is 49.8 Å². The lowest BCUT2D eigenvalue weighted by atomic mass is 10.0. The van der Waals surface area contributed by atoms with Crippen molar-refractivity contribution in [1.29, 1.82) is 0 Å². The number of carbonyl (C=O) groups excluding carboxylic acids is 4. The number of aryl methyl sites for hydroxylation is 1. The topological polar surface area (TPSA) is 129 Å². The maximum absolute atomic E-state index is 12.9. The first-order chi connectivity index (χ1) is 14.5. The maximum atomic E-state index is 12.9. The van der Waals surface area contributed by atoms with Gasteiger partial charge in [0, 0.05) is 6.42 Å². The molecule has 1 atom stereocenters. The summed E-state index contributed by atoms with van der Waals surface area (Å²) in [6.45, 7) is 6.95. The minimum atomic E-state index is -0.813. The Kier molecular flexibility index (Phi) is 6.01. The maximum Gasteiger partial charge on any atom is 0.326 e. The first-order valence-corrected chi connectivity index (χ1v) is 9.90. The summed E-state index contributed by atoms with van der Waals surface area (Å²) in [5, 5.41) is 4.86. The quantitative estimate of drug-likeness (QED) is 0.539. The molecule has 10 heteroatoms. The van der Waals surface area contributed by atoms with Gasteiger partial charge in [-0.1, -0.05) is 0 Å². The van der Waals surface area contributed by atoms with E-state index in [9.17, 15) is 19.2 Å². The highest BCUT2D eigenvalue weighted by Crippen LogP contribution is 2.30. The molecule has 10 nitrogen and oxygen atoms in total. The fourth-order valence-electron chi connectivity index (χ4n) is 3.43. The minimum Gasteiger partial charge on any atom is -0.494 e. The zero-order valence-corrected chi connectivity index (χ0v) is 18.2. The normalized spacial score (nSPS) is 16.7. The zero-order chi connectivity index (χ0) is 22.9. The van der Waals surface area contributed by atoms with Crippen molar-refractivity contribution in [2.24, 2.45) is 0 Å². The van der Waals surface area contributed by atoms with E-state index >= 15 is 0 Å². The van der Waals surface area contributed by atoms with E-state index in [1.54, 1.807) is 44.4 Å². The molecular formula is C21H26N4O6. The van der Waals surface area contributed by atoms with Crippen LogP contribution in [0.15, 0.2) is 12.1 Å². The number of hydrogen-bond acceptors (Lipinski definition) is 7. The van der Waals surface area contributed by atoms with Crippen molar-refractivity contribution in [2.75, 3.05) is 7.11 Å². The van der Waals surface area contributed by atoms with E-state index in [0.717, 1.165) is 0 Å². The predicted octanol–water partition coefficient (Wildman–Crippen LogP) is 1.23. The smallest absolute Gasteiger partial charge is 0.326 e. The average Bonchev–Trinajstić information content (AvgIpc) is 2.98. The Morgan fingerprint density at radius 1 is 1.29 bits per heavy atom. The third-order valence-corrected chi connectivity index (χ3v) is 4.76. The van der Waals surface area contributed by atoms with Gasteiger partial charge in [0.05, 0.1) is 12.7 Å². The predicted molar refractivity (Wildman–Crippen MR) is 111 cm³/mol. The van der Waals surface area contributed by atoms with Crippen molar-refractivity contribution >= 4 is 34.7 Å². The number of imidazole rings is 1. The number of hydrogen-bond donors (Lipinski definition) is 2. The van der Waals surface area contributed by atoms with E-state index in [0.29, 0.717) is 22.6 Å². The number of nitrogens with zero attached hydrogens (tertiary/aromatic N) is 2.